The normalized spacial score (nSPS) is 21.3. The number of aromatic amines is 1. The summed E-state index contributed by atoms with van der Waals surface area (Å²) in [6, 6.07) is 4.01. The number of rotatable bonds is 2. The Kier molecular flexibility index (Phi) is 2.75. The molecule has 1 saturated heterocycles. The van der Waals surface area contributed by atoms with Gasteiger partial charge < -0.3 is 10.2 Å². The SMILES string of the molecule is CN1CCCC(Nc2ccc3n[nH]c(=O)n3n2)C1. The Balaban J connectivity index is 1.81. The minimum absolute atomic E-state index is 0.311. The van der Waals surface area contributed by atoms with Crippen LogP contribution in [0.1, 0.15) is 12.8 Å². The van der Waals surface area contributed by atoms with Crippen molar-refractivity contribution in [1.29, 1.82) is 0 Å². The van der Waals surface area contributed by atoms with Crippen LogP contribution in [0.15, 0.2) is 16.9 Å². The van der Waals surface area contributed by atoms with E-state index in [2.05, 4.69) is 32.6 Å². The maximum absolute atomic E-state index is 11.4. The fourth-order valence-electron chi connectivity index (χ4n) is 2.37. The van der Waals surface area contributed by atoms with E-state index in [1.165, 1.54) is 10.9 Å². The molecule has 2 aromatic rings. The Labute approximate surface area is 104 Å². The molecule has 0 radical (unpaired) electrons. The molecule has 7 nitrogen and oxygen atoms in total. The van der Waals surface area contributed by atoms with Gasteiger partial charge in [-0.25, -0.2) is 9.89 Å². The van der Waals surface area contributed by atoms with Crippen molar-refractivity contribution in [2.24, 2.45) is 0 Å². The van der Waals surface area contributed by atoms with Gasteiger partial charge in [-0.2, -0.15) is 9.61 Å². The van der Waals surface area contributed by atoms with Gasteiger partial charge in [0.05, 0.1) is 0 Å². The monoisotopic (exact) mass is 248 g/mol. The zero-order valence-corrected chi connectivity index (χ0v) is 10.3. The third-order valence-corrected chi connectivity index (χ3v) is 3.25. The Bertz CT molecular complexity index is 603. The van der Waals surface area contributed by atoms with E-state index >= 15 is 0 Å². The molecular weight excluding hydrogens is 232 g/mol. The zero-order valence-electron chi connectivity index (χ0n) is 10.3. The molecule has 0 bridgehead atoms. The van der Waals surface area contributed by atoms with Crippen molar-refractivity contribution in [3.05, 3.63) is 22.6 Å². The molecule has 0 saturated carbocycles. The highest BCUT2D eigenvalue weighted by Gasteiger charge is 2.17. The Morgan fingerprint density at radius 3 is 3.22 bits per heavy atom. The van der Waals surface area contributed by atoms with Crippen molar-refractivity contribution in [3.63, 3.8) is 0 Å². The standard InChI is InChI=1S/C11H16N6O/c1-16-6-2-3-8(7-16)12-9-4-5-10-13-14-11(18)17(10)15-9/h4-5,8H,2-3,6-7H2,1H3,(H,12,15)(H,14,18). The highest BCUT2D eigenvalue weighted by atomic mass is 16.2. The van der Waals surface area contributed by atoms with E-state index in [9.17, 15) is 4.79 Å². The van der Waals surface area contributed by atoms with E-state index in [0.29, 0.717) is 17.5 Å². The lowest BCUT2D eigenvalue weighted by molar-refractivity contribution is 0.260. The van der Waals surface area contributed by atoms with Crippen molar-refractivity contribution >= 4 is 11.5 Å². The highest BCUT2D eigenvalue weighted by molar-refractivity contribution is 5.43. The second-order valence-electron chi connectivity index (χ2n) is 4.76. The fraction of sp³-hybridized carbons (Fsp3) is 0.545. The van der Waals surface area contributed by atoms with Crippen molar-refractivity contribution in [2.75, 3.05) is 25.5 Å². The molecule has 1 aliphatic rings. The molecule has 7 heteroatoms. The van der Waals surface area contributed by atoms with Crippen LogP contribution in [0.5, 0.6) is 0 Å². The number of likely N-dealkylation sites (tertiary alicyclic amines) is 1. The van der Waals surface area contributed by atoms with Gasteiger partial charge in [0.25, 0.3) is 0 Å². The summed E-state index contributed by atoms with van der Waals surface area (Å²) in [4.78, 5) is 13.7. The maximum atomic E-state index is 11.4. The molecule has 1 atom stereocenters. The number of piperidine rings is 1. The average molecular weight is 248 g/mol. The molecule has 96 valence electrons. The molecule has 18 heavy (non-hydrogen) atoms. The predicted octanol–water partition coefficient (Wildman–Crippen LogP) is -0.0763. The summed E-state index contributed by atoms with van der Waals surface area (Å²) in [7, 11) is 2.12. The number of anilines is 1. The van der Waals surface area contributed by atoms with Crippen LogP contribution in [0.25, 0.3) is 5.65 Å². The molecule has 0 aliphatic carbocycles. The lowest BCUT2D eigenvalue weighted by atomic mass is 10.1. The van der Waals surface area contributed by atoms with Crippen LogP contribution in [0.3, 0.4) is 0 Å². The minimum atomic E-state index is -0.311. The van der Waals surface area contributed by atoms with Gasteiger partial charge in [-0.3, -0.25) is 0 Å². The van der Waals surface area contributed by atoms with Gasteiger partial charge in [-0.15, -0.1) is 5.10 Å². The first kappa shape index (κ1) is 11.2. The third-order valence-electron chi connectivity index (χ3n) is 3.25. The smallest absolute Gasteiger partial charge is 0.364 e. The van der Waals surface area contributed by atoms with E-state index in [4.69, 9.17) is 0 Å². The molecule has 0 aromatic carbocycles. The number of nitrogens with zero attached hydrogens (tertiary/aromatic N) is 4. The zero-order chi connectivity index (χ0) is 12.5. The van der Waals surface area contributed by atoms with Crippen LogP contribution in [0.2, 0.25) is 0 Å². The molecule has 3 heterocycles. The van der Waals surface area contributed by atoms with Gasteiger partial charge in [0.15, 0.2) is 5.65 Å². The van der Waals surface area contributed by atoms with Crippen molar-refractivity contribution in [2.45, 2.75) is 18.9 Å². The number of fused-ring (bicyclic) bond motifs is 1. The Morgan fingerprint density at radius 2 is 2.39 bits per heavy atom. The summed E-state index contributed by atoms with van der Waals surface area (Å²) < 4.78 is 1.27. The van der Waals surface area contributed by atoms with Gasteiger partial charge in [0.2, 0.25) is 0 Å². The molecule has 3 rings (SSSR count). The summed E-state index contributed by atoms with van der Waals surface area (Å²) in [6.07, 6.45) is 2.31. The first-order chi connectivity index (χ1) is 8.72. The van der Waals surface area contributed by atoms with E-state index in [-0.39, 0.29) is 5.69 Å². The third kappa shape index (κ3) is 2.08. The topological polar surface area (TPSA) is 78.3 Å². The molecule has 1 unspecified atom stereocenters. The van der Waals surface area contributed by atoms with E-state index in [0.717, 1.165) is 19.5 Å². The second-order valence-corrected chi connectivity index (χ2v) is 4.76. The van der Waals surface area contributed by atoms with E-state index < -0.39 is 0 Å². The van der Waals surface area contributed by atoms with Gasteiger partial charge in [0, 0.05) is 12.6 Å². The number of aromatic nitrogens is 4. The summed E-state index contributed by atoms with van der Waals surface area (Å²) >= 11 is 0. The second kappa shape index (κ2) is 4.41. The van der Waals surface area contributed by atoms with Gasteiger partial charge in [-0.1, -0.05) is 0 Å². The number of hydrogen-bond donors (Lipinski definition) is 2. The van der Waals surface area contributed by atoms with Crippen LogP contribution in [-0.4, -0.2) is 50.9 Å². The predicted molar refractivity (Wildman–Crippen MR) is 67.7 cm³/mol. The molecular formula is C11H16N6O. The van der Waals surface area contributed by atoms with Crippen LogP contribution in [0.4, 0.5) is 5.82 Å². The highest BCUT2D eigenvalue weighted by Crippen LogP contribution is 2.13. The van der Waals surface area contributed by atoms with Crippen LogP contribution in [0, 0.1) is 0 Å². The van der Waals surface area contributed by atoms with Crippen molar-refractivity contribution in [1.82, 2.24) is 24.7 Å². The minimum Gasteiger partial charge on any atom is -0.365 e. The molecule has 0 spiro atoms. The summed E-state index contributed by atoms with van der Waals surface area (Å²) in [5, 5.41) is 13.8. The van der Waals surface area contributed by atoms with Crippen LogP contribution >= 0.6 is 0 Å². The lowest BCUT2D eigenvalue weighted by Gasteiger charge is -2.30. The van der Waals surface area contributed by atoms with Crippen molar-refractivity contribution < 1.29 is 0 Å². The Hall–Kier alpha value is -1.89. The fourth-order valence-corrected chi connectivity index (χ4v) is 2.37. The van der Waals surface area contributed by atoms with Gasteiger partial charge in [-0.05, 0) is 38.6 Å². The summed E-state index contributed by atoms with van der Waals surface area (Å²) in [6.45, 7) is 2.14. The average Bonchev–Trinajstić information content (AvgIpc) is 2.71. The number of H-pyrrole nitrogens is 1. The molecule has 0 amide bonds. The largest absolute Gasteiger partial charge is 0.365 e. The first-order valence-electron chi connectivity index (χ1n) is 6.12. The number of hydrogen-bond acceptors (Lipinski definition) is 5. The Morgan fingerprint density at radius 1 is 1.50 bits per heavy atom. The van der Waals surface area contributed by atoms with Gasteiger partial charge in [0.1, 0.15) is 5.82 Å². The molecule has 1 fully saturated rings. The van der Waals surface area contributed by atoms with E-state index in [1.807, 2.05) is 6.07 Å². The molecule has 2 N–H and O–H groups in total. The molecule has 2 aromatic heterocycles. The first-order valence-corrected chi connectivity index (χ1v) is 6.12. The lowest BCUT2D eigenvalue weighted by Crippen LogP contribution is -2.40. The summed E-state index contributed by atoms with van der Waals surface area (Å²) in [5.41, 5.74) is 0.223. The maximum Gasteiger partial charge on any atom is 0.364 e. The van der Waals surface area contributed by atoms with Gasteiger partial charge >= 0.3 is 5.69 Å². The quantitative estimate of drug-likeness (QED) is 0.777. The van der Waals surface area contributed by atoms with Crippen LogP contribution < -0.4 is 11.0 Å². The van der Waals surface area contributed by atoms with E-state index in [1.54, 1.807) is 6.07 Å². The number of nitrogens with one attached hydrogen (secondary N) is 2. The van der Waals surface area contributed by atoms with Crippen LogP contribution in [-0.2, 0) is 0 Å². The molecule has 1 aliphatic heterocycles. The van der Waals surface area contributed by atoms with Crippen molar-refractivity contribution in [3.8, 4) is 0 Å². The number of likely N-dealkylation sites (N-methyl/N-ethyl adjacent to an activating group) is 1. The summed E-state index contributed by atoms with van der Waals surface area (Å²) in [5.74, 6) is 0.714.